The number of halogens is 1. The van der Waals surface area contributed by atoms with Crippen molar-refractivity contribution in [2.75, 3.05) is 40.0 Å². The van der Waals surface area contributed by atoms with Crippen LogP contribution >= 0.6 is 0 Å². The van der Waals surface area contributed by atoms with E-state index in [-0.39, 0.29) is 17.0 Å². The molecule has 5 heteroatoms. The van der Waals surface area contributed by atoms with Crippen molar-refractivity contribution < 1.29 is 21.5 Å². The Labute approximate surface area is 103 Å². The van der Waals surface area contributed by atoms with E-state index in [2.05, 4.69) is 28.5 Å². The van der Waals surface area contributed by atoms with Gasteiger partial charge in [-0.1, -0.05) is 6.92 Å². The maximum atomic E-state index is 2.59. The highest BCUT2D eigenvalue weighted by Crippen LogP contribution is 2.31. The quantitative estimate of drug-likeness (QED) is 0.509. The first kappa shape index (κ1) is 11.8. The fourth-order valence-electron chi connectivity index (χ4n) is 3.39. The Morgan fingerprint density at radius 3 is 1.73 bits per heavy atom. The molecule has 4 aliphatic heterocycles. The lowest BCUT2D eigenvalue weighted by Gasteiger charge is -2.62. The van der Waals surface area contributed by atoms with Gasteiger partial charge < -0.3 is 17.0 Å². The lowest BCUT2D eigenvalue weighted by atomic mass is 10.1. The average Bonchev–Trinajstić information content (AvgIpc) is 2.14. The topological polar surface area (TPSA) is 9.72 Å². The van der Waals surface area contributed by atoms with Crippen molar-refractivity contribution in [3.8, 4) is 0 Å². The van der Waals surface area contributed by atoms with Gasteiger partial charge in [-0.3, -0.25) is 4.48 Å². The van der Waals surface area contributed by atoms with Gasteiger partial charge in [-0.25, -0.2) is 14.7 Å². The van der Waals surface area contributed by atoms with Crippen LogP contribution in [0.1, 0.15) is 20.3 Å². The van der Waals surface area contributed by atoms with Crippen molar-refractivity contribution in [2.45, 2.75) is 26.3 Å². The van der Waals surface area contributed by atoms with Crippen LogP contribution in [-0.4, -0.2) is 65.2 Å². The summed E-state index contributed by atoms with van der Waals surface area (Å²) in [5, 5.41) is 0. The van der Waals surface area contributed by atoms with E-state index < -0.39 is 0 Å². The molecule has 0 saturated carbocycles. The third-order valence-electron chi connectivity index (χ3n) is 4.17. The van der Waals surface area contributed by atoms with E-state index in [1.54, 1.807) is 0 Å². The zero-order valence-electron chi connectivity index (χ0n) is 9.69. The molecular weight excluding hydrogens is 256 g/mol. The number of nitrogens with zero attached hydrogens (tertiary/aromatic N) is 4. The lowest BCUT2D eigenvalue weighted by Crippen LogP contribution is -3.00. The van der Waals surface area contributed by atoms with E-state index in [0.29, 0.717) is 0 Å². The molecule has 0 radical (unpaired) electrons. The first-order chi connectivity index (χ1) is 6.72. The van der Waals surface area contributed by atoms with Crippen LogP contribution in [0.2, 0.25) is 0 Å². The Morgan fingerprint density at radius 2 is 1.40 bits per heavy atom. The van der Waals surface area contributed by atoms with Crippen molar-refractivity contribution in [2.24, 2.45) is 0 Å². The number of rotatable bonds is 2. The zero-order valence-corrected chi connectivity index (χ0v) is 11.3. The van der Waals surface area contributed by atoms with E-state index >= 15 is 0 Å². The molecule has 0 amide bonds. The van der Waals surface area contributed by atoms with Crippen LogP contribution in [0.5, 0.6) is 0 Å². The number of quaternary nitrogens is 1. The second kappa shape index (κ2) is 3.96. The van der Waals surface area contributed by atoms with Gasteiger partial charge in [0.05, 0.1) is 26.0 Å². The minimum atomic E-state index is 0. The van der Waals surface area contributed by atoms with Gasteiger partial charge in [-0.05, 0) is 13.3 Å². The molecular formula is C10H21BrN4. The van der Waals surface area contributed by atoms with Gasteiger partial charge in [0, 0.05) is 0 Å². The molecule has 4 aliphatic rings. The second-order valence-electron chi connectivity index (χ2n) is 5.34. The van der Waals surface area contributed by atoms with Crippen LogP contribution < -0.4 is 17.0 Å². The summed E-state index contributed by atoms with van der Waals surface area (Å²) in [6, 6.07) is 0.809. The molecule has 0 aliphatic carbocycles. The molecule has 4 nitrogen and oxygen atoms in total. The van der Waals surface area contributed by atoms with Crippen LogP contribution in [0.3, 0.4) is 0 Å². The molecule has 0 spiro atoms. The molecule has 0 aromatic rings. The Morgan fingerprint density at radius 1 is 1.00 bits per heavy atom. The fraction of sp³-hybridized carbons (Fsp3) is 1.00. The summed E-state index contributed by atoms with van der Waals surface area (Å²) in [6.07, 6.45) is 1.30. The second-order valence-corrected chi connectivity index (χ2v) is 5.34. The maximum Gasteiger partial charge on any atom is 0.139 e. The van der Waals surface area contributed by atoms with Gasteiger partial charge in [0.25, 0.3) is 0 Å². The van der Waals surface area contributed by atoms with Crippen LogP contribution in [0, 0.1) is 0 Å². The first-order valence-corrected chi connectivity index (χ1v) is 5.75. The Hall–Kier alpha value is 0.320. The molecule has 4 heterocycles. The van der Waals surface area contributed by atoms with Gasteiger partial charge in [-0.15, -0.1) is 0 Å². The molecule has 15 heavy (non-hydrogen) atoms. The minimum absolute atomic E-state index is 0. The van der Waals surface area contributed by atoms with Gasteiger partial charge in [0.1, 0.15) is 20.0 Å². The first-order valence-electron chi connectivity index (χ1n) is 5.75. The Bertz CT molecular complexity index is 210. The summed E-state index contributed by atoms with van der Waals surface area (Å²) in [5.41, 5.74) is 0. The molecule has 4 bridgehead atoms. The molecule has 0 aromatic heterocycles. The highest BCUT2D eigenvalue weighted by molar-refractivity contribution is 4.75. The zero-order chi connectivity index (χ0) is 9.76. The summed E-state index contributed by atoms with van der Waals surface area (Å²) < 4.78 is 1.29. The van der Waals surface area contributed by atoms with Crippen LogP contribution in [0.15, 0.2) is 0 Å². The van der Waals surface area contributed by atoms with E-state index in [0.717, 1.165) is 6.04 Å². The highest BCUT2D eigenvalue weighted by atomic mass is 79.9. The third-order valence-corrected chi connectivity index (χ3v) is 4.17. The predicted octanol–water partition coefficient (Wildman–Crippen LogP) is -2.70. The monoisotopic (exact) mass is 276 g/mol. The number of hydrogen-bond donors (Lipinski definition) is 0. The van der Waals surface area contributed by atoms with Crippen molar-refractivity contribution in [1.29, 1.82) is 0 Å². The van der Waals surface area contributed by atoms with Crippen LogP contribution in [-0.2, 0) is 0 Å². The molecule has 0 N–H and O–H groups in total. The fourth-order valence-corrected chi connectivity index (χ4v) is 3.39. The normalized spacial score (nSPS) is 48.8. The van der Waals surface area contributed by atoms with Gasteiger partial charge >= 0.3 is 0 Å². The Kier molecular flexibility index (Phi) is 3.12. The van der Waals surface area contributed by atoms with Crippen molar-refractivity contribution in [1.82, 2.24) is 14.7 Å². The molecule has 4 saturated heterocycles. The largest absolute Gasteiger partial charge is 1.00 e. The van der Waals surface area contributed by atoms with Crippen LogP contribution in [0.4, 0.5) is 0 Å². The molecule has 4 rings (SSSR count). The number of hydrogen-bond acceptors (Lipinski definition) is 3. The molecule has 1 unspecified atom stereocenters. The van der Waals surface area contributed by atoms with Gasteiger partial charge in [-0.2, -0.15) is 0 Å². The van der Waals surface area contributed by atoms with Crippen molar-refractivity contribution >= 4 is 0 Å². The Balaban J connectivity index is 0.000000853. The smallest absolute Gasteiger partial charge is 0.139 e. The van der Waals surface area contributed by atoms with E-state index in [1.165, 1.54) is 50.9 Å². The van der Waals surface area contributed by atoms with E-state index in [9.17, 15) is 0 Å². The highest BCUT2D eigenvalue weighted by Gasteiger charge is 2.50. The molecule has 0 aromatic carbocycles. The predicted molar refractivity (Wildman–Crippen MR) is 54.7 cm³/mol. The van der Waals surface area contributed by atoms with Crippen LogP contribution in [0.25, 0.3) is 0 Å². The van der Waals surface area contributed by atoms with Crippen molar-refractivity contribution in [3.05, 3.63) is 0 Å². The van der Waals surface area contributed by atoms with Crippen molar-refractivity contribution in [3.63, 3.8) is 0 Å². The minimum Gasteiger partial charge on any atom is -1.00 e. The molecule has 1 atom stereocenters. The molecule has 4 fully saturated rings. The van der Waals surface area contributed by atoms with Gasteiger partial charge in [0.2, 0.25) is 0 Å². The average molecular weight is 277 g/mol. The third kappa shape index (κ3) is 1.74. The summed E-state index contributed by atoms with van der Waals surface area (Å²) in [6.45, 7) is 12.2. The summed E-state index contributed by atoms with van der Waals surface area (Å²) in [4.78, 5) is 7.76. The summed E-state index contributed by atoms with van der Waals surface area (Å²) >= 11 is 0. The van der Waals surface area contributed by atoms with E-state index in [1.807, 2.05) is 0 Å². The standard InChI is InChI=1S/C10H21N4.BrH/c1-3-10(2)14-7-11-4-12(8-14)6-13(5-11)9-14;/h10H,3-9H2,1-2H3;1H/q+1;/p-1. The summed E-state index contributed by atoms with van der Waals surface area (Å²) in [5.74, 6) is 0. The maximum absolute atomic E-state index is 2.59. The summed E-state index contributed by atoms with van der Waals surface area (Å²) in [7, 11) is 0. The SMILES string of the molecule is CCC(C)[N+]12CN3CN(CN(C3)C1)C2.[Br-]. The van der Waals surface area contributed by atoms with E-state index in [4.69, 9.17) is 0 Å². The van der Waals surface area contributed by atoms with Gasteiger partial charge in [0.15, 0.2) is 0 Å². The lowest BCUT2D eigenvalue weighted by molar-refractivity contribution is -0.998. The molecule has 88 valence electrons.